The van der Waals surface area contributed by atoms with Crippen LogP contribution in [0.1, 0.15) is 36.1 Å². The van der Waals surface area contributed by atoms with E-state index in [-0.39, 0.29) is 17.5 Å². The minimum absolute atomic E-state index is 0.102. The first kappa shape index (κ1) is 24.3. The highest BCUT2D eigenvalue weighted by molar-refractivity contribution is 7.92. The molecule has 0 bridgehead atoms. The lowest BCUT2D eigenvalue weighted by atomic mass is 9.99. The normalized spacial score (nSPS) is 12.1. The number of nitrogens with zero attached hydrogens (tertiary/aromatic N) is 1. The van der Waals surface area contributed by atoms with E-state index in [9.17, 15) is 13.2 Å². The number of benzene rings is 3. The topological polar surface area (TPSA) is 75.7 Å². The summed E-state index contributed by atoms with van der Waals surface area (Å²) >= 11 is 0. The third-order valence-electron chi connectivity index (χ3n) is 5.65. The minimum atomic E-state index is -4.01. The lowest BCUT2D eigenvalue weighted by Gasteiger charge is -2.27. The van der Waals surface area contributed by atoms with Gasteiger partial charge in [0.1, 0.15) is 12.3 Å². The molecule has 33 heavy (non-hydrogen) atoms. The number of aryl methyl sites for hydroxylation is 2. The number of rotatable bonds is 9. The van der Waals surface area contributed by atoms with Crippen LogP contribution in [0, 0.1) is 13.8 Å². The van der Waals surface area contributed by atoms with Crippen LogP contribution >= 0.6 is 0 Å². The predicted molar refractivity (Wildman–Crippen MR) is 131 cm³/mol. The van der Waals surface area contributed by atoms with Crippen molar-refractivity contribution in [3.63, 3.8) is 0 Å². The van der Waals surface area contributed by atoms with Crippen molar-refractivity contribution in [3.8, 4) is 5.75 Å². The maximum Gasteiger partial charge on any atom is 0.264 e. The molecule has 0 saturated carbocycles. The summed E-state index contributed by atoms with van der Waals surface area (Å²) in [4.78, 5) is 13.2. The van der Waals surface area contributed by atoms with Crippen LogP contribution in [0.3, 0.4) is 0 Å². The van der Waals surface area contributed by atoms with E-state index in [0.717, 1.165) is 15.4 Å². The van der Waals surface area contributed by atoms with Crippen molar-refractivity contribution in [1.82, 2.24) is 5.32 Å². The fraction of sp³-hybridized carbons (Fsp3) is 0.269. The second-order valence-electron chi connectivity index (χ2n) is 7.87. The molecule has 1 unspecified atom stereocenters. The van der Waals surface area contributed by atoms with E-state index in [1.54, 1.807) is 42.5 Å². The second-order valence-corrected chi connectivity index (χ2v) is 9.73. The Morgan fingerprint density at radius 1 is 0.970 bits per heavy atom. The molecule has 0 radical (unpaired) electrons. The molecular weight excluding hydrogens is 436 g/mol. The van der Waals surface area contributed by atoms with Crippen molar-refractivity contribution in [2.75, 3.05) is 18.0 Å². The molecular formula is C26H30N2O4S. The first-order valence-electron chi connectivity index (χ1n) is 10.8. The van der Waals surface area contributed by atoms with Crippen molar-refractivity contribution >= 4 is 21.6 Å². The summed E-state index contributed by atoms with van der Waals surface area (Å²) in [5.74, 6) is -0.0310. The summed E-state index contributed by atoms with van der Waals surface area (Å²) < 4.78 is 33.6. The third kappa shape index (κ3) is 5.54. The number of para-hydroxylation sites is 2. The number of carbonyl (C=O) groups excluding carboxylic acids is 1. The van der Waals surface area contributed by atoms with Gasteiger partial charge in [-0.15, -0.1) is 0 Å². The molecule has 0 fully saturated rings. The summed E-state index contributed by atoms with van der Waals surface area (Å²) in [7, 11) is -2.54. The fourth-order valence-electron chi connectivity index (χ4n) is 3.63. The number of anilines is 1. The number of hydrogen-bond donors (Lipinski definition) is 1. The lowest BCUT2D eigenvalue weighted by Crippen LogP contribution is -2.42. The van der Waals surface area contributed by atoms with Crippen molar-refractivity contribution in [1.29, 1.82) is 0 Å². The molecule has 0 aliphatic heterocycles. The molecule has 1 amide bonds. The van der Waals surface area contributed by atoms with Gasteiger partial charge < -0.3 is 10.1 Å². The van der Waals surface area contributed by atoms with Crippen molar-refractivity contribution in [3.05, 3.63) is 89.5 Å². The predicted octanol–water partition coefficient (Wildman–Crippen LogP) is 4.77. The quantitative estimate of drug-likeness (QED) is 0.493. The van der Waals surface area contributed by atoms with Gasteiger partial charge in [0.25, 0.3) is 10.0 Å². The average Bonchev–Trinajstić information content (AvgIpc) is 2.83. The van der Waals surface area contributed by atoms with Gasteiger partial charge in [0.05, 0.1) is 23.7 Å². The molecule has 7 heteroatoms. The molecule has 1 atom stereocenters. The summed E-state index contributed by atoms with van der Waals surface area (Å²) in [6.07, 6.45) is 0.675. The zero-order valence-corrected chi connectivity index (χ0v) is 20.2. The minimum Gasteiger partial charge on any atom is -0.495 e. The molecule has 6 nitrogen and oxygen atoms in total. The zero-order valence-electron chi connectivity index (χ0n) is 19.4. The lowest BCUT2D eigenvalue weighted by molar-refractivity contribution is -0.120. The summed E-state index contributed by atoms with van der Waals surface area (Å²) in [5.41, 5.74) is 3.61. The van der Waals surface area contributed by atoms with E-state index < -0.39 is 15.9 Å². The third-order valence-corrected chi connectivity index (χ3v) is 7.42. The highest BCUT2D eigenvalue weighted by atomic mass is 32.2. The van der Waals surface area contributed by atoms with Gasteiger partial charge in [-0.2, -0.15) is 0 Å². The van der Waals surface area contributed by atoms with E-state index in [1.165, 1.54) is 24.8 Å². The van der Waals surface area contributed by atoms with Gasteiger partial charge in [-0.05, 0) is 61.2 Å². The van der Waals surface area contributed by atoms with Gasteiger partial charge in [0.2, 0.25) is 5.91 Å². The van der Waals surface area contributed by atoms with Crippen LogP contribution in [-0.2, 0) is 14.8 Å². The highest BCUT2D eigenvalue weighted by Crippen LogP contribution is 2.32. The maximum atomic E-state index is 13.5. The number of hydrogen-bond acceptors (Lipinski definition) is 4. The van der Waals surface area contributed by atoms with E-state index in [0.29, 0.717) is 17.9 Å². The molecule has 0 spiro atoms. The Balaban J connectivity index is 1.94. The molecule has 3 aromatic rings. The molecule has 0 aliphatic rings. The maximum absolute atomic E-state index is 13.5. The van der Waals surface area contributed by atoms with Crippen LogP contribution in [0.15, 0.2) is 77.7 Å². The van der Waals surface area contributed by atoms with Crippen LogP contribution in [0.5, 0.6) is 5.75 Å². The van der Waals surface area contributed by atoms with Gasteiger partial charge in [0.15, 0.2) is 0 Å². The standard InChI is InChI=1S/C26H30N2O4S/c1-5-23(21-16-15-19(2)20(3)17-21)27-26(29)18-28(24-13-9-10-14-25(24)32-4)33(30,31)22-11-7-6-8-12-22/h6-17,23H,5,18H2,1-4H3,(H,27,29). The zero-order chi connectivity index (χ0) is 24.0. The molecule has 174 valence electrons. The number of nitrogens with one attached hydrogen (secondary N) is 1. The Labute approximate surface area is 196 Å². The molecule has 0 saturated heterocycles. The van der Waals surface area contributed by atoms with Gasteiger partial charge in [-0.3, -0.25) is 9.10 Å². The van der Waals surface area contributed by atoms with Crippen LogP contribution in [0.2, 0.25) is 0 Å². The molecule has 3 aromatic carbocycles. The van der Waals surface area contributed by atoms with Crippen molar-refractivity contribution in [2.24, 2.45) is 0 Å². The van der Waals surface area contributed by atoms with E-state index >= 15 is 0 Å². The Morgan fingerprint density at radius 3 is 2.27 bits per heavy atom. The molecule has 0 aliphatic carbocycles. The van der Waals surface area contributed by atoms with Gasteiger partial charge in [-0.25, -0.2) is 8.42 Å². The second kappa shape index (κ2) is 10.5. The van der Waals surface area contributed by atoms with E-state index in [2.05, 4.69) is 11.4 Å². The Hall–Kier alpha value is -3.32. The summed E-state index contributed by atoms with van der Waals surface area (Å²) in [6, 6.07) is 20.7. The van der Waals surface area contributed by atoms with Gasteiger partial charge in [-0.1, -0.05) is 55.5 Å². The Morgan fingerprint density at radius 2 is 1.64 bits per heavy atom. The SMILES string of the molecule is CCC(NC(=O)CN(c1ccccc1OC)S(=O)(=O)c1ccccc1)c1ccc(C)c(C)c1. The number of carbonyl (C=O) groups is 1. The van der Waals surface area contributed by atoms with Crippen molar-refractivity contribution in [2.45, 2.75) is 38.1 Å². The van der Waals surface area contributed by atoms with E-state index in [4.69, 9.17) is 4.74 Å². The molecule has 1 N–H and O–H groups in total. The van der Waals surface area contributed by atoms with Crippen LogP contribution in [-0.4, -0.2) is 28.0 Å². The molecule has 0 aromatic heterocycles. The first-order chi connectivity index (χ1) is 15.8. The molecule has 3 rings (SSSR count). The van der Waals surface area contributed by atoms with E-state index in [1.807, 2.05) is 32.9 Å². The highest BCUT2D eigenvalue weighted by Gasteiger charge is 2.29. The largest absolute Gasteiger partial charge is 0.495 e. The Bertz CT molecular complexity index is 1210. The van der Waals surface area contributed by atoms with Crippen molar-refractivity contribution < 1.29 is 17.9 Å². The smallest absolute Gasteiger partial charge is 0.264 e. The monoisotopic (exact) mass is 466 g/mol. The number of amides is 1. The Kier molecular flexibility index (Phi) is 7.76. The average molecular weight is 467 g/mol. The molecule has 0 heterocycles. The van der Waals surface area contributed by atoms with Gasteiger partial charge >= 0.3 is 0 Å². The van der Waals surface area contributed by atoms with Gasteiger partial charge in [0, 0.05) is 0 Å². The summed E-state index contributed by atoms with van der Waals surface area (Å²) in [5, 5.41) is 3.01. The van der Waals surface area contributed by atoms with Crippen LogP contribution in [0.4, 0.5) is 5.69 Å². The van der Waals surface area contributed by atoms with Crippen LogP contribution < -0.4 is 14.4 Å². The fourth-order valence-corrected chi connectivity index (χ4v) is 5.08. The van der Waals surface area contributed by atoms with Crippen LogP contribution in [0.25, 0.3) is 0 Å². The number of ether oxygens (including phenoxy) is 1. The number of sulfonamides is 1. The number of methoxy groups -OCH3 is 1. The summed E-state index contributed by atoms with van der Waals surface area (Å²) in [6.45, 7) is 5.68. The first-order valence-corrected chi connectivity index (χ1v) is 12.3.